The molecule has 1 aromatic rings. The second kappa shape index (κ2) is 5.57. The van der Waals surface area contributed by atoms with Gasteiger partial charge in [-0.3, -0.25) is 4.79 Å². The molecule has 0 spiro atoms. The molecule has 4 heteroatoms. The van der Waals surface area contributed by atoms with Crippen molar-refractivity contribution in [3.8, 4) is 0 Å². The van der Waals surface area contributed by atoms with Crippen LogP contribution in [0.4, 0.5) is 0 Å². The Bertz CT molecular complexity index is 406. The highest BCUT2D eigenvalue weighted by molar-refractivity contribution is 5.82. The van der Waals surface area contributed by atoms with Gasteiger partial charge in [-0.15, -0.1) is 0 Å². The van der Waals surface area contributed by atoms with Gasteiger partial charge in [-0.1, -0.05) is 6.92 Å². The summed E-state index contributed by atoms with van der Waals surface area (Å²) in [6.45, 7) is 6.36. The van der Waals surface area contributed by atoms with E-state index in [-0.39, 0.29) is 11.3 Å². The van der Waals surface area contributed by atoms with E-state index in [0.717, 1.165) is 43.9 Å². The highest BCUT2D eigenvalue weighted by Crippen LogP contribution is 2.32. The van der Waals surface area contributed by atoms with E-state index in [0.29, 0.717) is 6.54 Å². The normalized spacial score (nSPS) is 18.6. The molecule has 0 radical (unpaired) electrons. The molecule has 18 heavy (non-hydrogen) atoms. The second-order valence-corrected chi connectivity index (χ2v) is 5.08. The zero-order chi connectivity index (χ0) is 13.0. The predicted octanol–water partition coefficient (Wildman–Crippen LogP) is 1.98. The van der Waals surface area contributed by atoms with Gasteiger partial charge in [0.05, 0.1) is 12.0 Å². The number of hydrogen-bond donors (Lipinski definition) is 2. The Morgan fingerprint density at radius 1 is 1.44 bits per heavy atom. The summed E-state index contributed by atoms with van der Waals surface area (Å²) in [5.74, 6) is 1.87. The van der Waals surface area contributed by atoms with E-state index >= 15 is 0 Å². The third-order valence-electron chi connectivity index (χ3n) is 3.94. The molecule has 1 saturated heterocycles. The second-order valence-electron chi connectivity index (χ2n) is 5.08. The van der Waals surface area contributed by atoms with Gasteiger partial charge in [-0.05, 0) is 51.4 Å². The van der Waals surface area contributed by atoms with Crippen LogP contribution in [0.1, 0.15) is 37.7 Å². The highest BCUT2D eigenvalue weighted by atomic mass is 16.3. The van der Waals surface area contributed by atoms with E-state index in [1.54, 1.807) is 0 Å². The maximum atomic E-state index is 12.4. The lowest BCUT2D eigenvalue weighted by molar-refractivity contribution is -0.133. The van der Waals surface area contributed by atoms with Crippen molar-refractivity contribution in [1.82, 2.24) is 10.6 Å². The number of furan rings is 1. The summed E-state index contributed by atoms with van der Waals surface area (Å²) in [7, 11) is 0. The van der Waals surface area contributed by atoms with Gasteiger partial charge in [0.2, 0.25) is 5.91 Å². The summed E-state index contributed by atoms with van der Waals surface area (Å²) in [6, 6.07) is 3.83. The Balaban J connectivity index is 1.93. The van der Waals surface area contributed by atoms with Crippen molar-refractivity contribution in [2.45, 2.75) is 39.7 Å². The van der Waals surface area contributed by atoms with Gasteiger partial charge in [0.15, 0.2) is 0 Å². The molecule has 1 fully saturated rings. The maximum Gasteiger partial charge on any atom is 0.226 e. The fourth-order valence-electron chi connectivity index (χ4n) is 2.58. The van der Waals surface area contributed by atoms with Crippen molar-refractivity contribution in [3.63, 3.8) is 0 Å². The molecule has 0 unspecified atom stereocenters. The van der Waals surface area contributed by atoms with E-state index in [9.17, 15) is 4.79 Å². The first-order valence-corrected chi connectivity index (χ1v) is 6.71. The first-order chi connectivity index (χ1) is 8.66. The van der Waals surface area contributed by atoms with Crippen LogP contribution in [0.5, 0.6) is 0 Å². The SMILES string of the molecule is CCC1(C(=O)NCc2ccc(C)o2)CCNCC1. The number of rotatable bonds is 4. The molecule has 4 nitrogen and oxygen atoms in total. The molecule has 2 heterocycles. The molecule has 1 aliphatic rings. The maximum absolute atomic E-state index is 12.4. The Morgan fingerprint density at radius 2 is 2.17 bits per heavy atom. The van der Waals surface area contributed by atoms with Crippen LogP contribution in [0.15, 0.2) is 16.5 Å². The average molecular weight is 250 g/mol. The summed E-state index contributed by atoms with van der Waals surface area (Å²) in [5, 5.41) is 6.32. The molecule has 2 N–H and O–H groups in total. The van der Waals surface area contributed by atoms with Crippen LogP contribution in [-0.4, -0.2) is 19.0 Å². The summed E-state index contributed by atoms with van der Waals surface area (Å²) < 4.78 is 5.46. The molecular formula is C14H22N2O2. The Morgan fingerprint density at radius 3 is 2.72 bits per heavy atom. The van der Waals surface area contributed by atoms with Crippen molar-refractivity contribution >= 4 is 5.91 Å². The van der Waals surface area contributed by atoms with Crippen molar-refractivity contribution < 1.29 is 9.21 Å². The molecule has 1 aromatic heterocycles. The van der Waals surface area contributed by atoms with Gasteiger partial charge in [-0.2, -0.15) is 0 Å². The number of carbonyl (C=O) groups is 1. The smallest absolute Gasteiger partial charge is 0.226 e. The lowest BCUT2D eigenvalue weighted by Gasteiger charge is -2.35. The van der Waals surface area contributed by atoms with Crippen LogP contribution in [0.2, 0.25) is 0 Å². The lowest BCUT2D eigenvalue weighted by Crippen LogP contribution is -2.47. The van der Waals surface area contributed by atoms with Crippen LogP contribution in [0, 0.1) is 12.3 Å². The standard InChI is InChI=1S/C14H22N2O2/c1-3-14(6-8-15-9-7-14)13(17)16-10-12-5-4-11(2)18-12/h4-5,15H,3,6-10H2,1-2H3,(H,16,17). The minimum atomic E-state index is -0.188. The highest BCUT2D eigenvalue weighted by Gasteiger charge is 2.37. The van der Waals surface area contributed by atoms with Crippen LogP contribution in [-0.2, 0) is 11.3 Å². The van der Waals surface area contributed by atoms with Crippen LogP contribution >= 0.6 is 0 Å². The Kier molecular flexibility index (Phi) is 4.07. The molecule has 0 aromatic carbocycles. The van der Waals surface area contributed by atoms with Gasteiger partial charge >= 0.3 is 0 Å². The van der Waals surface area contributed by atoms with Crippen LogP contribution in [0.3, 0.4) is 0 Å². The first-order valence-electron chi connectivity index (χ1n) is 6.71. The number of carbonyl (C=O) groups excluding carboxylic acids is 1. The van der Waals surface area contributed by atoms with Gasteiger partial charge in [0.25, 0.3) is 0 Å². The van der Waals surface area contributed by atoms with Crippen molar-refractivity contribution in [1.29, 1.82) is 0 Å². The number of piperidine rings is 1. The summed E-state index contributed by atoms with van der Waals surface area (Å²) in [6.07, 6.45) is 2.75. The fourth-order valence-corrected chi connectivity index (χ4v) is 2.58. The Hall–Kier alpha value is -1.29. The van der Waals surface area contributed by atoms with Crippen molar-refractivity contribution in [3.05, 3.63) is 23.7 Å². The fraction of sp³-hybridized carbons (Fsp3) is 0.643. The van der Waals surface area contributed by atoms with Crippen molar-refractivity contribution in [2.75, 3.05) is 13.1 Å². The number of aryl methyl sites for hydroxylation is 1. The average Bonchev–Trinajstić information content (AvgIpc) is 2.82. The van der Waals surface area contributed by atoms with Gasteiger partial charge < -0.3 is 15.1 Å². The van der Waals surface area contributed by atoms with E-state index in [4.69, 9.17) is 4.42 Å². The number of amides is 1. The third kappa shape index (κ3) is 2.75. The van der Waals surface area contributed by atoms with Gasteiger partial charge in [0.1, 0.15) is 11.5 Å². The molecule has 0 saturated carbocycles. The van der Waals surface area contributed by atoms with E-state index in [2.05, 4.69) is 17.6 Å². The number of hydrogen-bond acceptors (Lipinski definition) is 3. The third-order valence-corrected chi connectivity index (χ3v) is 3.94. The van der Waals surface area contributed by atoms with E-state index in [1.165, 1.54) is 0 Å². The zero-order valence-corrected chi connectivity index (χ0v) is 11.2. The van der Waals surface area contributed by atoms with E-state index < -0.39 is 0 Å². The van der Waals surface area contributed by atoms with Crippen LogP contribution < -0.4 is 10.6 Å². The molecule has 100 valence electrons. The molecule has 1 aliphatic heterocycles. The predicted molar refractivity (Wildman–Crippen MR) is 70.1 cm³/mol. The number of nitrogens with one attached hydrogen (secondary N) is 2. The molecule has 0 atom stereocenters. The Labute approximate surface area is 108 Å². The molecule has 0 aliphatic carbocycles. The van der Waals surface area contributed by atoms with Crippen LogP contribution in [0.25, 0.3) is 0 Å². The van der Waals surface area contributed by atoms with Gasteiger partial charge in [-0.25, -0.2) is 0 Å². The minimum Gasteiger partial charge on any atom is -0.465 e. The molecule has 2 rings (SSSR count). The molecule has 1 amide bonds. The minimum absolute atomic E-state index is 0.167. The van der Waals surface area contributed by atoms with Gasteiger partial charge in [0, 0.05) is 0 Å². The monoisotopic (exact) mass is 250 g/mol. The quantitative estimate of drug-likeness (QED) is 0.859. The molecule has 0 bridgehead atoms. The van der Waals surface area contributed by atoms with Crippen molar-refractivity contribution in [2.24, 2.45) is 5.41 Å². The lowest BCUT2D eigenvalue weighted by atomic mass is 9.76. The topological polar surface area (TPSA) is 54.3 Å². The van der Waals surface area contributed by atoms with E-state index in [1.807, 2.05) is 19.1 Å². The summed E-state index contributed by atoms with van der Waals surface area (Å²) >= 11 is 0. The first kappa shape index (κ1) is 13.1. The zero-order valence-electron chi connectivity index (χ0n) is 11.2. The molecular weight excluding hydrogens is 228 g/mol. The summed E-state index contributed by atoms with van der Waals surface area (Å²) in [4.78, 5) is 12.4. The largest absolute Gasteiger partial charge is 0.465 e. The summed E-state index contributed by atoms with van der Waals surface area (Å²) in [5.41, 5.74) is -0.188.